The van der Waals surface area contributed by atoms with Crippen LogP contribution in [0.4, 0.5) is 9.59 Å². The zero-order valence-electron chi connectivity index (χ0n) is 49.1. The summed E-state index contributed by atoms with van der Waals surface area (Å²) in [6, 6.07) is 2.11. The number of carbonyl (C=O) groups excluding carboxylic acids is 5. The lowest BCUT2D eigenvalue weighted by Gasteiger charge is -2.41. The number of piperidine rings is 2. The molecule has 0 saturated carbocycles. The van der Waals surface area contributed by atoms with Crippen molar-refractivity contribution in [1.82, 2.24) is 19.6 Å². The number of amides is 4. The second-order valence-corrected chi connectivity index (χ2v) is 24.2. The van der Waals surface area contributed by atoms with Gasteiger partial charge in [0.25, 0.3) is 11.8 Å². The topological polar surface area (TPSA) is 185 Å². The molecule has 0 aromatic heterocycles. The van der Waals surface area contributed by atoms with Crippen LogP contribution in [-0.2, 0) is 35.5 Å². The molecule has 8 rings (SSSR count). The summed E-state index contributed by atoms with van der Waals surface area (Å²) in [7, 11) is 1.28. The highest BCUT2D eigenvalue weighted by molar-refractivity contribution is 6.02. The number of ether oxygens (including phenoxy) is 5. The third kappa shape index (κ3) is 13.8. The summed E-state index contributed by atoms with van der Waals surface area (Å²) in [5.41, 5.74) is 5.81. The first kappa shape index (κ1) is 60.0. The average molecular weight is 1110 g/mol. The minimum atomic E-state index is -1.06. The largest absolute Gasteiger partial charge is 0.484 e. The number of allylic oxidation sites excluding steroid dienone is 8. The molecule has 0 radical (unpaired) electrons. The van der Waals surface area contributed by atoms with Gasteiger partial charge in [-0.15, -0.1) is 0 Å². The lowest BCUT2D eigenvalue weighted by Crippen LogP contribution is -2.49. The molecular formula is C64H88N4O12. The Morgan fingerprint density at radius 2 is 1.09 bits per heavy atom. The van der Waals surface area contributed by atoms with Gasteiger partial charge in [0.15, 0.2) is 0 Å². The molecular weight excluding hydrogens is 1020 g/mol. The molecule has 2 saturated heterocycles. The molecule has 2 aromatic rings. The predicted octanol–water partition coefficient (Wildman–Crippen LogP) is 11.6. The average Bonchev–Trinajstić information content (AvgIpc) is 4.09. The molecule has 6 aliphatic heterocycles. The molecule has 2 aromatic carbocycles. The van der Waals surface area contributed by atoms with Crippen LogP contribution in [0.1, 0.15) is 201 Å². The van der Waals surface area contributed by atoms with Gasteiger partial charge in [-0.2, -0.15) is 0 Å². The lowest BCUT2D eigenvalue weighted by molar-refractivity contribution is -0.146. The van der Waals surface area contributed by atoms with E-state index in [9.17, 15) is 34.2 Å². The van der Waals surface area contributed by atoms with Crippen molar-refractivity contribution in [2.75, 3.05) is 39.8 Å². The second-order valence-electron chi connectivity index (χ2n) is 24.2. The Bertz CT molecular complexity index is 2780. The van der Waals surface area contributed by atoms with Crippen LogP contribution in [0, 0.1) is 0 Å². The van der Waals surface area contributed by atoms with E-state index in [0.717, 1.165) is 64.2 Å². The molecule has 0 aliphatic carbocycles. The van der Waals surface area contributed by atoms with Crippen LogP contribution in [0.2, 0.25) is 0 Å². The van der Waals surface area contributed by atoms with Crippen LogP contribution in [0.3, 0.4) is 0 Å². The van der Waals surface area contributed by atoms with Gasteiger partial charge in [0.1, 0.15) is 40.2 Å². The minimum Gasteiger partial charge on any atom is -0.484 e. The maximum atomic E-state index is 14.8. The van der Waals surface area contributed by atoms with Crippen molar-refractivity contribution in [3.8, 4) is 23.0 Å². The molecule has 6 aliphatic rings. The van der Waals surface area contributed by atoms with Crippen molar-refractivity contribution in [2.24, 2.45) is 0 Å². The first-order valence-electron chi connectivity index (χ1n) is 29.5. The van der Waals surface area contributed by atoms with Gasteiger partial charge in [-0.3, -0.25) is 9.59 Å². The van der Waals surface area contributed by atoms with Crippen molar-refractivity contribution in [3.05, 3.63) is 92.1 Å². The number of methoxy groups -OCH3 is 1. The van der Waals surface area contributed by atoms with Crippen LogP contribution in [-0.4, -0.2) is 129 Å². The fraction of sp³-hybridized carbons (Fsp3) is 0.609. The number of hydrogen-bond acceptors (Lipinski definition) is 12. The molecule has 0 bridgehead atoms. The predicted molar refractivity (Wildman–Crippen MR) is 306 cm³/mol. The van der Waals surface area contributed by atoms with E-state index in [4.69, 9.17) is 23.7 Å². The third-order valence-electron chi connectivity index (χ3n) is 17.3. The summed E-state index contributed by atoms with van der Waals surface area (Å²) in [6.45, 7) is 19.0. The molecule has 2 N–H and O–H groups in total. The molecule has 5 atom stereocenters. The summed E-state index contributed by atoms with van der Waals surface area (Å²) in [5.74, 6) is -0.219. The number of fused-ring (bicyclic) bond motifs is 6. The standard InChI is InChI=1S/C64H88N4O12/c1-41(2)21-16-23-43(5)25-18-28-63(7)54(69)37-47-52(77-61(74)65-30-12-10-13-31-65)35-45-49(56(47)79-63)39-67(58(45)71)34-20-27-51(60(73)76-9)68-40-50-46(59(68)72)36-53(78-62(75)66-32-14-11-15-33-66)48-38-55(70)64(8,80-57(48)50)29-19-26-44(6)24-17-22-42(3)4/h21-22,25-26,35-36,51,54-55,69-70H,10-20,23-24,27-34,37-40H2,1-9H3/b43-25+,44-26+/t51-,54-,55-,63+,64+/m0/s1. The highest BCUT2D eigenvalue weighted by Crippen LogP contribution is 2.49. The van der Waals surface area contributed by atoms with Crippen LogP contribution >= 0.6 is 0 Å². The smallest absolute Gasteiger partial charge is 0.415 e. The van der Waals surface area contributed by atoms with E-state index in [1.165, 1.54) is 34.3 Å². The Balaban J connectivity index is 1.02. The van der Waals surface area contributed by atoms with Gasteiger partial charge in [-0.05, 0) is 170 Å². The van der Waals surface area contributed by atoms with Crippen LogP contribution in [0.5, 0.6) is 23.0 Å². The van der Waals surface area contributed by atoms with Crippen molar-refractivity contribution in [2.45, 2.75) is 214 Å². The number of hydrogen-bond donors (Lipinski definition) is 2. The van der Waals surface area contributed by atoms with E-state index in [2.05, 4.69) is 65.8 Å². The van der Waals surface area contributed by atoms with Crippen LogP contribution in [0.15, 0.2) is 58.7 Å². The Labute approximate surface area is 474 Å². The van der Waals surface area contributed by atoms with Gasteiger partial charge in [0.05, 0.1) is 43.5 Å². The number of benzene rings is 2. The maximum absolute atomic E-state index is 14.8. The summed E-state index contributed by atoms with van der Waals surface area (Å²) >= 11 is 0. The quantitative estimate of drug-likeness (QED) is 0.0946. The molecule has 16 nitrogen and oxygen atoms in total. The van der Waals surface area contributed by atoms with Gasteiger partial charge in [-0.25, -0.2) is 14.4 Å². The highest BCUT2D eigenvalue weighted by Gasteiger charge is 2.48. The van der Waals surface area contributed by atoms with Crippen molar-refractivity contribution >= 4 is 30.0 Å². The maximum Gasteiger partial charge on any atom is 0.415 e. The number of nitrogens with zero attached hydrogens (tertiary/aromatic N) is 4. The number of aliphatic hydroxyl groups is 2. The number of rotatable bonds is 20. The lowest BCUT2D eigenvalue weighted by atomic mass is 9.84. The molecule has 436 valence electrons. The summed E-state index contributed by atoms with van der Waals surface area (Å²) in [5, 5.41) is 23.6. The number of aliphatic hydroxyl groups excluding tert-OH is 2. The van der Waals surface area contributed by atoms with Gasteiger partial charge in [0, 0.05) is 67.8 Å². The zero-order valence-corrected chi connectivity index (χ0v) is 49.1. The molecule has 0 unspecified atom stereocenters. The monoisotopic (exact) mass is 1100 g/mol. The highest BCUT2D eigenvalue weighted by atomic mass is 16.6. The Kier molecular flexibility index (Phi) is 19.6. The number of esters is 1. The fourth-order valence-corrected chi connectivity index (χ4v) is 12.1. The third-order valence-corrected chi connectivity index (χ3v) is 17.3. The fourth-order valence-electron chi connectivity index (χ4n) is 12.1. The van der Waals surface area contributed by atoms with E-state index in [0.29, 0.717) is 97.6 Å². The Hall–Kier alpha value is -6.13. The summed E-state index contributed by atoms with van der Waals surface area (Å²) in [4.78, 5) is 77.1. The molecule has 80 heavy (non-hydrogen) atoms. The van der Waals surface area contributed by atoms with Gasteiger partial charge < -0.3 is 53.5 Å². The van der Waals surface area contributed by atoms with Crippen molar-refractivity contribution in [1.29, 1.82) is 0 Å². The SMILES string of the molecule is COC(=O)[C@H](CCCN1Cc2c(cc(OC(=O)N3CCCCC3)c3c2O[C@](C)(CC/C=C(\C)CCC=C(C)C)[C@@H](O)C3)C1=O)N1Cc2c(cc(OC(=O)N3CCCCC3)c3c2O[C@](C)(CC/C=C(\C)CCC=C(C)C)[C@@H](O)C3)C1=O. The van der Waals surface area contributed by atoms with E-state index in [1.807, 2.05) is 13.8 Å². The number of carbonyl (C=O) groups is 5. The normalized spacial score (nSPS) is 23.0. The number of likely N-dealkylation sites (tertiary alicyclic amines) is 2. The minimum absolute atomic E-state index is 0.00146. The van der Waals surface area contributed by atoms with Gasteiger partial charge in [0.2, 0.25) is 0 Å². The van der Waals surface area contributed by atoms with E-state index in [-0.39, 0.29) is 61.9 Å². The van der Waals surface area contributed by atoms with Gasteiger partial charge >= 0.3 is 18.2 Å². The first-order chi connectivity index (χ1) is 38.2. The zero-order chi connectivity index (χ0) is 57.5. The molecule has 0 spiro atoms. The molecule has 4 amide bonds. The molecule has 16 heteroatoms. The van der Waals surface area contributed by atoms with Gasteiger partial charge in [-0.1, -0.05) is 46.6 Å². The van der Waals surface area contributed by atoms with Crippen molar-refractivity contribution < 1.29 is 57.9 Å². The summed E-state index contributed by atoms with van der Waals surface area (Å²) in [6.07, 6.45) is 18.2. The van der Waals surface area contributed by atoms with E-state index in [1.54, 1.807) is 26.8 Å². The van der Waals surface area contributed by atoms with Crippen LogP contribution in [0.25, 0.3) is 0 Å². The van der Waals surface area contributed by atoms with Crippen molar-refractivity contribution in [3.63, 3.8) is 0 Å². The summed E-state index contributed by atoms with van der Waals surface area (Å²) < 4.78 is 31.3. The van der Waals surface area contributed by atoms with Crippen LogP contribution < -0.4 is 18.9 Å². The Morgan fingerprint density at radius 1 is 0.637 bits per heavy atom. The first-order valence-corrected chi connectivity index (χ1v) is 29.5. The second kappa shape index (κ2) is 26.2. The molecule has 2 fully saturated rings. The van der Waals surface area contributed by atoms with E-state index < -0.39 is 53.5 Å². The Morgan fingerprint density at radius 3 is 1.54 bits per heavy atom. The van der Waals surface area contributed by atoms with E-state index >= 15 is 0 Å². The molecule has 6 heterocycles.